The second-order valence-corrected chi connectivity index (χ2v) is 6.81. The number of hydrogen-bond donors (Lipinski definition) is 1. The number of anilines is 1. The minimum atomic E-state index is -0.396. The lowest BCUT2D eigenvalue weighted by Crippen LogP contribution is -2.29. The van der Waals surface area contributed by atoms with E-state index in [9.17, 15) is 14.0 Å². The largest absolute Gasteiger partial charge is 0.325 e. The molecule has 8 heteroatoms. The smallest absolute Gasteiger partial charge is 0.297 e. The first-order valence-electron chi connectivity index (χ1n) is 8.87. The van der Waals surface area contributed by atoms with Gasteiger partial charge in [-0.05, 0) is 36.4 Å². The number of rotatable bonds is 4. The van der Waals surface area contributed by atoms with Crippen LogP contribution in [0.3, 0.4) is 0 Å². The van der Waals surface area contributed by atoms with Crippen LogP contribution in [0.5, 0.6) is 0 Å². The fourth-order valence-corrected chi connectivity index (χ4v) is 3.19. The van der Waals surface area contributed by atoms with E-state index in [0.29, 0.717) is 17.0 Å². The topological polar surface area (TPSA) is 81.3 Å². The third kappa shape index (κ3) is 3.02. The Labute approximate surface area is 159 Å². The number of nitrogens with one attached hydrogen (secondary N) is 1. The molecule has 1 amide bonds. The highest BCUT2D eigenvalue weighted by Crippen LogP contribution is 2.19. The van der Waals surface area contributed by atoms with Crippen LogP contribution in [0.15, 0.2) is 53.3 Å². The van der Waals surface area contributed by atoms with Crippen molar-refractivity contribution in [1.82, 2.24) is 19.2 Å². The van der Waals surface area contributed by atoms with Crippen molar-refractivity contribution in [3.63, 3.8) is 0 Å². The van der Waals surface area contributed by atoms with Crippen LogP contribution in [0.1, 0.15) is 25.6 Å². The van der Waals surface area contributed by atoms with Gasteiger partial charge in [0, 0.05) is 11.6 Å². The van der Waals surface area contributed by atoms with Crippen LogP contribution in [-0.2, 0) is 11.3 Å². The maximum absolute atomic E-state index is 13.0. The Balaban J connectivity index is 1.80. The van der Waals surface area contributed by atoms with Crippen molar-refractivity contribution in [3.8, 4) is 0 Å². The highest BCUT2D eigenvalue weighted by molar-refractivity contribution is 5.91. The van der Waals surface area contributed by atoms with Gasteiger partial charge in [0.2, 0.25) is 11.6 Å². The van der Waals surface area contributed by atoms with E-state index in [2.05, 4.69) is 15.5 Å². The molecule has 0 aliphatic heterocycles. The van der Waals surface area contributed by atoms with E-state index >= 15 is 0 Å². The highest BCUT2D eigenvalue weighted by Gasteiger charge is 2.19. The molecule has 2 heterocycles. The van der Waals surface area contributed by atoms with Gasteiger partial charge in [-0.2, -0.15) is 0 Å². The normalized spacial score (nSPS) is 11.4. The number of halogens is 1. The maximum atomic E-state index is 13.0. The van der Waals surface area contributed by atoms with Crippen molar-refractivity contribution in [3.05, 3.63) is 70.5 Å². The van der Waals surface area contributed by atoms with Crippen molar-refractivity contribution in [1.29, 1.82) is 0 Å². The number of fused-ring (bicyclic) bond motifs is 3. The van der Waals surface area contributed by atoms with Crippen LogP contribution in [-0.4, -0.2) is 25.1 Å². The van der Waals surface area contributed by atoms with E-state index in [1.165, 1.54) is 28.8 Å². The molecule has 0 bridgehead atoms. The molecule has 4 rings (SSSR count). The van der Waals surface area contributed by atoms with Crippen molar-refractivity contribution < 1.29 is 9.18 Å². The first-order chi connectivity index (χ1) is 13.5. The van der Waals surface area contributed by atoms with Gasteiger partial charge in [-0.25, -0.2) is 4.39 Å². The maximum Gasteiger partial charge on any atom is 0.297 e. The predicted molar refractivity (Wildman–Crippen MR) is 104 cm³/mol. The third-order valence-electron chi connectivity index (χ3n) is 4.48. The summed E-state index contributed by atoms with van der Waals surface area (Å²) in [4.78, 5) is 25.5. The molecule has 7 nitrogen and oxygen atoms in total. The molecule has 0 saturated carbocycles. The van der Waals surface area contributed by atoms with Crippen LogP contribution in [0.2, 0.25) is 0 Å². The van der Waals surface area contributed by atoms with E-state index in [1.54, 1.807) is 16.5 Å². The molecule has 0 fully saturated rings. The number of hydrogen-bond acceptors (Lipinski definition) is 4. The van der Waals surface area contributed by atoms with E-state index in [0.717, 1.165) is 5.52 Å². The summed E-state index contributed by atoms with van der Waals surface area (Å²) < 4.78 is 16.2. The quantitative estimate of drug-likeness (QED) is 0.591. The van der Waals surface area contributed by atoms with Gasteiger partial charge in [0.15, 0.2) is 0 Å². The zero-order valence-electron chi connectivity index (χ0n) is 15.4. The Morgan fingerprint density at radius 3 is 2.43 bits per heavy atom. The molecule has 0 unspecified atom stereocenters. The first kappa shape index (κ1) is 17.8. The number of benzene rings is 2. The average Bonchev–Trinajstić information content (AvgIpc) is 3.13. The number of nitrogens with zero attached hydrogens (tertiary/aromatic N) is 4. The van der Waals surface area contributed by atoms with Gasteiger partial charge in [-0.1, -0.05) is 26.0 Å². The molecular weight excluding hydrogens is 361 g/mol. The van der Waals surface area contributed by atoms with Gasteiger partial charge in [-0.15, -0.1) is 10.2 Å². The molecule has 0 saturated heterocycles. The van der Waals surface area contributed by atoms with Crippen LogP contribution >= 0.6 is 0 Å². The predicted octanol–water partition coefficient (Wildman–Crippen LogP) is 2.95. The van der Waals surface area contributed by atoms with Crippen LogP contribution in [0.25, 0.3) is 16.7 Å². The molecular formula is C20H18FN5O2. The summed E-state index contributed by atoms with van der Waals surface area (Å²) in [6.45, 7) is 3.76. The Morgan fingerprint density at radius 2 is 1.75 bits per heavy atom. The number of carbonyl (C=O) groups is 1. The Morgan fingerprint density at radius 1 is 1.07 bits per heavy atom. The third-order valence-corrected chi connectivity index (χ3v) is 4.48. The summed E-state index contributed by atoms with van der Waals surface area (Å²) in [5, 5.41) is 10.9. The number of amides is 1. The van der Waals surface area contributed by atoms with Gasteiger partial charge in [0.1, 0.15) is 18.2 Å². The van der Waals surface area contributed by atoms with Gasteiger partial charge in [-0.3, -0.25) is 18.6 Å². The second kappa shape index (κ2) is 6.88. The van der Waals surface area contributed by atoms with Gasteiger partial charge >= 0.3 is 0 Å². The molecule has 4 aromatic rings. The van der Waals surface area contributed by atoms with Crippen LogP contribution in [0, 0.1) is 5.82 Å². The Kier molecular flexibility index (Phi) is 4.38. The van der Waals surface area contributed by atoms with E-state index < -0.39 is 17.3 Å². The summed E-state index contributed by atoms with van der Waals surface area (Å²) in [5.74, 6) is -0.0214. The Bertz CT molecular complexity index is 1240. The molecule has 2 aromatic heterocycles. The number of carbonyl (C=O) groups excluding carboxylic acids is 1. The standard InChI is InChI=1S/C20H18FN5O2/c1-12(2)18-23-24-19-20(28)25(15-5-3-4-6-16(15)26(18)19)11-17(27)22-14-9-7-13(21)8-10-14/h3-10,12H,11H2,1-2H3,(H,22,27). The molecule has 0 radical (unpaired) electrons. The lowest BCUT2D eigenvalue weighted by atomic mass is 10.2. The van der Waals surface area contributed by atoms with Crippen LogP contribution < -0.4 is 10.9 Å². The molecule has 28 heavy (non-hydrogen) atoms. The fraction of sp³-hybridized carbons (Fsp3) is 0.200. The van der Waals surface area contributed by atoms with E-state index in [-0.39, 0.29) is 18.1 Å². The molecule has 1 N–H and O–H groups in total. The highest BCUT2D eigenvalue weighted by atomic mass is 19.1. The average molecular weight is 379 g/mol. The summed E-state index contributed by atoms with van der Waals surface area (Å²) in [5.41, 5.74) is 1.59. The summed E-state index contributed by atoms with van der Waals surface area (Å²) in [7, 11) is 0. The number of para-hydroxylation sites is 2. The molecule has 2 aromatic carbocycles. The zero-order chi connectivity index (χ0) is 19.8. The molecule has 0 spiro atoms. The minimum absolute atomic E-state index is 0.0791. The number of aromatic nitrogens is 4. The Hall–Kier alpha value is -3.55. The first-order valence-corrected chi connectivity index (χ1v) is 8.87. The van der Waals surface area contributed by atoms with Crippen molar-refractivity contribution >= 4 is 28.3 Å². The van der Waals surface area contributed by atoms with Crippen molar-refractivity contribution in [2.75, 3.05) is 5.32 Å². The minimum Gasteiger partial charge on any atom is -0.325 e. The van der Waals surface area contributed by atoms with Crippen LogP contribution in [0.4, 0.5) is 10.1 Å². The molecule has 0 atom stereocenters. The van der Waals surface area contributed by atoms with E-state index in [1.807, 2.05) is 26.0 Å². The second-order valence-electron chi connectivity index (χ2n) is 6.81. The molecule has 142 valence electrons. The van der Waals surface area contributed by atoms with Gasteiger partial charge < -0.3 is 5.32 Å². The monoisotopic (exact) mass is 379 g/mol. The van der Waals surface area contributed by atoms with Gasteiger partial charge in [0.05, 0.1) is 11.0 Å². The molecule has 0 aliphatic carbocycles. The fourth-order valence-electron chi connectivity index (χ4n) is 3.19. The zero-order valence-corrected chi connectivity index (χ0v) is 15.4. The van der Waals surface area contributed by atoms with Gasteiger partial charge in [0.25, 0.3) is 5.56 Å². The summed E-state index contributed by atoms with van der Waals surface area (Å²) in [6, 6.07) is 12.8. The SMILES string of the molecule is CC(C)c1nnc2c(=O)n(CC(=O)Nc3ccc(F)cc3)c3ccccc3n12. The summed E-state index contributed by atoms with van der Waals surface area (Å²) in [6.07, 6.45) is 0. The lowest BCUT2D eigenvalue weighted by Gasteiger charge is -2.13. The molecule has 0 aliphatic rings. The van der Waals surface area contributed by atoms with Crippen molar-refractivity contribution in [2.45, 2.75) is 26.3 Å². The van der Waals surface area contributed by atoms with Crippen molar-refractivity contribution in [2.24, 2.45) is 0 Å². The summed E-state index contributed by atoms with van der Waals surface area (Å²) >= 11 is 0. The van der Waals surface area contributed by atoms with E-state index in [4.69, 9.17) is 0 Å². The lowest BCUT2D eigenvalue weighted by molar-refractivity contribution is -0.116.